The Kier molecular flexibility index (Phi) is 4.76. The molecule has 7 heteroatoms. The molecule has 2 aromatic rings. The van der Waals surface area contributed by atoms with Gasteiger partial charge in [-0.3, -0.25) is 4.90 Å². The average molecular weight is 316 g/mol. The summed E-state index contributed by atoms with van der Waals surface area (Å²) >= 11 is 0. The number of hydrogen-bond acceptors (Lipinski definition) is 6. The number of ether oxygens (including phenoxy) is 1. The van der Waals surface area contributed by atoms with Crippen LogP contribution in [0.25, 0.3) is 0 Å². The summed E-state index contributed by atoms with van der Waals surface area (Å²) in [5.41, 5.74) is 0. The molecule has 0 bridgehead atoms. The third-order valence-corrected chi connectivity index (χ3v) is 4.36. The lowest BCUT2D eigenvalue weighted by Crippen LogP contribution is -2.52. The molecule has 0 aliphatic carbocycles. The molecule has 7 nitrogen and oxygen atoms in total. The highest BCUT2D eigenvalue weighted by Gasteiger charge is 2.26. The van der Waals surface area contributed by atoms with Gasteiger partial charge >= 0.3 is 0 Å². The second-order valence-corrected chi connectivity index (χ2v) is 5.79. The highest BCUT2D eigenvalue weighted by Crippen LogP contribution is 2.18. The number of piperazine rings is 1. The van der Waals surface area contributed by atoms with Crippen molar-refractivity contribution in [2.75, 3.05) is 31.6 Å². The predicted octanol–water partition coefficient (Wildman–Crippen LogP) is 1.41. The molecule has 0 saturated carbocycles. The first kappa shape index (κ1) is 15.7. The number of hydrogen-bond donors (Lipinski definition) is 0. The van der Waals surface area contributed by atoms with Crippen LogP contribution in [0, 0.1) is 0 Å². The van der Waals surface area contributed by atoms with Crippen LogP contribution >= 0.6 is 0 Å². The summed E-state index contributed by atoms with van der Waals surface area (Å²) in [5.74, 6) is 2.48. The van der Waals surface area contributed by atoms with Gasteiger partial charge in [-0.2, -0.15) is 4.98 Å². The van der Waals surface area contributed by atoms with Crippen LogP contribution < -0.4 is 9.64 Å². The molecular weight excluding hydrogens is 292 g/mol. The molecule has 23 heavy (non-hydrogen) atoms. The third kappa shape index (κ3) is 3.44. The number of aromatic nitrogens is 4. The first-order chi connectivity index (χ1) is 11.2. The SMILES string of the molecule is CCn1ccnc1CN1CCN(c2nccc(OC)n2)C[C@H]1C. The van der Waals surface area contributed by atoms with Crippen molar-refractivity contribution in [2.45, 2.75) is 33.0 Å². The van der Waals surface area contributed by atoms with E-state index < -0.39 is 0 Å². The summed E-state index contributed by atoms with van der Waals surface area (Å²) in [7, 11) is 1.63. The van der Waals surface area contributed by atoms with E-state index in [1.807, 2.05) is 12.4 Å². The Bertz CT molecular complexity index is 643. The molecule has 1 aliphatic rings. The second kappa shape index (κ2) is 6.95. The molecule has 3 rings (SSSR count). The Morgan fingerprint density at radius 3 is 2.87 bits per heavy atom. The lowest BCUT2D eigenvalue weighted by atomic mass is 10.2. The number of aryl methyl sites for hydroxylation is 1. The Morgan fingerprint density at radius 2 is 2.13 bits per heavy atom. The fourth-order valence-electron chi connectivity index (χ4n) is 2.97. The minimum Gasteiger partial charge on any atom is -0.481 e. The lowest BCUT2D eigenvalue weighted by molar-refractivity contribution is 0.173. The van der Waals surface area contributed by atoms with Crippen molar-refractivity contribution in [2.24, 2.45) is 0 Å². The smallest absolute Gasteiger partial charge is 0.228 e. The van der Waals surface area contributed by atoms with Crippen molar-refractivity contribution in [3.8, 4) is 5.88 Å². The van der Waals surface area contributed by atoms with Crippen molar-refractivity contribution in [1.82, 2.24) is 24.4 Å². The molecule has 0 aromatic carbocycles. The fraction of sp³-hybridized carbons (Fsp3) is 0.562. The summed E-state index contributed by atoms with van der Waals surface area (Å²) in [4.78, 5) is 18.0. The van der Waals surface area contributed by atoms with E-state index in [2.05, 4.69) is 43.2 Å². The van der Waals surface area contributed by atoms with Gasteiger partial charge in [0.2, 0.25) is 11.8 Å². The summed E-state index contributed by atoms with van der Waals surface area (Å²) in [5, 5.41) is 0. The zero-order chi connectivity index (χ0) is 16.2. The normalized spacial score (nSPS) is 19.1. The Labute approximate surface area is 136 Å². The van der Waals surface area contributed by atoms with Gasteiger partial charge in [-0.05, 0) is 13.8 Å². The van der Waals surface area contributed by atoms with Gasteiger partial charge in [-0.15, -0.1) is 0 Å². The molecule has 0 unspecified atom stereocenters. The van der Waals surface area contributed by atoms with Gasteiger partial charge in [-0.25, -0.2) is 9.97 Å². The molecule has 124 valence electrons. The molecular formula is C16H24N6O. The predicted molar refractivity (Wildman–Crippen MR) is 88.6 cm³/mol. The topological polar surface area (TPSA) is 59.3 Å². The third-order valence-electron chi connectivity index (χ3n) is 4.36. The molecule has 1 fully saturated rings. The van der Waals surface area contributed by atoms with Crippen molar-refractivity contribution < 1.29 is 4.74 Å². The number of nitrogens with zero attached hydrogens (tertiary/aromatic N) is 6. The maximum Gasteiger partial charge on any atom is 0.228 e. The summed E-state index contributed by atoms with van der Waals surface area (Å²) < 4.78 is 7.39. The standard InChI is InChI=1S/C16H24N6O/c1-4-20-8-7-17-14(20)12-21-9-10-22(11-13(21)2)16-18-6-5-15(19-16)23-3/h5-8,13H,4,9-12H2,1-3H3/t13-/m1/s1. The van der Waals surface area contributed by atoms with Gasteiger partial charge in [0.25, 0.3) is 0 Å². The largest absolute Gasteiger partial charge is 0.481 e. The molecule has 1 atom stereocenters. The summed E-state index contributed by atoms with van der Waals surface area (Å²) in [6.07, 6.45) is 5.67. The molecule has 3 heterocycles. The minimum absolute atomic E-state index is 0.417. The van der Waals surface area contributed by atoms with E-state index in [1.54, 1.807) is 19.4 Å². The fourth-order valence-corrected chi connectivity index (χ4v) is 2.97. The summed E-state index contributed by atoms with van der Waals surface area (Å²) in [6.45, 7) is 9.01. The Morgan fingerprint density at radius 1 is 1.26 bits per heavy atom. The number of imidazole rings is 1. The van der Waals surface area contributed by atoms with E-state index in [0.717, 1.165) is 44.5 Å². The van der Waals surface area contributed by atoms with E-state index in [4.69, 9.17) is 4.74 Å². The monoisotopic (exact) mass is 316 g/mol. The highest BCUT2D eigenvalue weighted by molar-refractivity contribution is 5.33. The zero-order valence-electron chi connectivity index (χ0n) is 14.0. The van der Waals surface area contributed by atoms with Gasteiger partial charge in [0.15, 0.2) is 0 Å². The molecule has 2 aromatic heterocycles. The van der Waals surface area contributed by atoms with Gasteiger partial charge in [0.1, 0.15) is 5.82 Å². The van der Waals surface area contributed by atoms with Crippen LogP contribution in [0.1, 0.15) is 19.7 Å². The van der Waals surface area contributed by atoms with Crippen LogP contribution in [-0.2, 0) is 13.1 Å². The number of methoxy groups -OCH3 is 1. The maximum absolute atomic E-state index is 5.19. The van der Waals surface area contributed by atoms with E-state index in [1.165, 1.54) is 0 Å². The quantitative estimate of drug-likeness (QED) is 0.831. The van der Waals surface area contributed by atoms with Gasteiger partial charge in [0.05, 0.1) is 13.7 Å². The second-order valence-electron chi connectivity index (χ2n) is 5.79. The molecule has 0 N–H and O–H groups in total. The first-order valence-electron chi connectivity index (χ1n) is 8.07. The number of rotatable bonds is 5. The Balaban J connectivity index is 1.65. The molecule has 0 radical (unpaired) electrons. The van der Waals surface area contributed by atoms with E-state index in [-0.39, 0.29) is 0 Å². The van der Waals surface area contributed by atoms with E-state index >= 15 is 0 Å². The van der Waals surface area contributed by atoms with Gasteiger partial charge in [-0.1, -0.05) is 0 Å². The van der Waals surface area contributed by atoms with Crippen LogP contribution in [-0.4, -0.2) is 57.2 Å². The van der Waals surface area contributed by atoms with E-state index in [9.17, 15) is 0 Å². The van der Waals surface area contributed by atoms with Crippen molar-refractivity contribution >= 4 is 5.95 Å². The molecule has 0 spiro atoms. The first-order valence-corrected chi connectivity index (χ1v) is 8.07. The van der Waals surface area contributed by atoms with Crippen LogP contribution in [0.15, 0.2) is 24.7 Å². The maximum atomic E-state index is 5.19. The summed E-state index contributed by atoms with van der Waals surface area (Å²) in [6, 6.07) is 2.19. The number of anilines is 1. The average Bonchev–Trinajstić information content (AvgIpc) is 3.04. The van der Waals surface area contributed by atoms with E-state index in [0.29, 0.717) is 11.9 Å². The van der Waals surface area contributed by atoms with Gasteiger partial charge < -0.3 is 14.2 Å². The lowest BCUT2D eigenvalue weighted by Gasteiger charge is -2.39. The minimum atomic E-state index is 0.417. The van der Waals surface area contributed by atoms with Crippen LogP contribution in [0.5, 0.6) is 5.88 Å². The molecule has 0 amide bonds. The van der Waals surface area contributed by atoms with Crippen molar-refractivity contribution in [3.63, 3.8) is 0 Å². The Hall–Kier alpha value is -2.15. The van der Waals surface area contributed by atoms with Crippen molar-refractivity contribution in [1.29, 1.82) is 0 Å². The van der Waals surface area contributed by atoms with Crippen LogP contribution in [0.3, 0.4) is 0 Å². The van der Waals surface area contributed by atoms with Crippen LogP contribution in [0.2, 0.25) is 0 Å². The van der Waals surface area contributed by atoms with Gasteiger partial charge in [0, 0.05) is 56.9 Å². The van der Waals surface area contributed by atoms with Crippen molar-refractivity contribution in [3.05, 3.63) is 30.5 Å². The van der Waals surface area contributed by atoms with Crippen LogP contribution in [0.4, 0.5) is 5.95 Å². The highest BCUT2D eigenvalue weighted by atomic mass is 16.5. The molecule has 1 aliphatic heterocycles. The zero-order valence-corrected chi connectivity index (χ0v) is 14.0. The molecule has 1 saturated heterocycles.